The monoisotopic (exact) mass is 475 g/mol. The van der Waals surface area contributed by atoms with Crippen molar-refractivity contribution in [2.24, 2.45) is 0 Å². The van der Waals surface area contributed by atoms with Crippen LogP contribution in [0.25, 0.3) is 5.82 Å². The highest BCUT2D eigenvalue weighted by Crippen LogP contribution is 2.27. The summed E-state index contributed by atoms with van der Waals surface area (Å²) in [6, 6.07) is 10.4. The van der Waals surface area contributed by atoms with Gasteiger partial charge in [-0.2, -0.15) is 5.10 Å². The van der Waals surface area contributed by atoms with Crippen LogP contribution in [0.2, 0.25) is 10.0 Å². The second kappa shape index (κ2) is 11.0. The molecule has 2 N–H and O–H groups in total. The summed E-state index contributed by atoms with van der Waals surface area (Å²) in [6.07, 6.45) is 3.73. The maximum absolute atomic E-state index is 12.6. The number of carbonyl (C=O) groups excluding carboxylic acids is 2. The van der Waals surface area contributed by atoms with Crippen molar-refractivity contribution in [2.75, 3.05) is 6.61 Å². The van der Waals surface area contributed by atoms with Gasteiger partial charge in [0, 0.05) is 17.6 Å². The molecule has 0 spiro atoms. The molecule has 3 aromatic rings. The Labute approximate surface area is 195 Å². The lowest BCUT2D eigenvalue weighted by atomic mass is 10.1. The van der Waals surface area contributed by atoms with E-state index in [1.807, 2.05) is 26.0 Å². The van der Waals surface area contributed by atoms with E-state index in [1.165, 1.54) is 6.20 Å². The van der Waals surface area contributed by atoms with Gasteiger partial charge in [-0.25, -0.2) is 9.67 Å². The van der Waals surface area contributed by atoms with Crippen LogP contribution in [0.15, 0.2) is 48.8 Å². The minimum atomic E-state index is -0.451. The van der Waals surface area contributed by atoms with Crippen LogP contribution in [-0.2, 0) is 4.79 Å². The van der Waals surface area contributed by atoms with Gasteiger partial charge in [0.1, 0.15) is 5.75 Å². The Kier molecular flexibility index (Phi) is 8.08. The molecule has 0 saturated carbocycles. The lowest BCUT2D eigenvalue weighted by molar-refractivity contribution is -0.122. The topological polar surface area (TPSA) is 98.1 Å². The summed E-state index contributed by atoms with van der Waals surface area (Å²) in [4.78, 5) is 29.0. The van der Waals surface area contributed by atoms with Gasteiger partial charge in [-0.05, 0) is 42.7 Å². The second-order valence-corrected chi connectivity index (χ2v) is 8.07. The van der Waals surface area contributed by atoms with E-state index >= 15 is 0 Å². The summed E-state index contributed by atoms with van der Waals surface area (Å²) in [5.74, 6) is 0.324. The Morgan fingerprint density at radius 2 is 1.97 bits per heavy atom. The van der Waals surface area contributed by atoms with Crippen LogP contribution in [-0.4, -0.2) is 33.2 Å². The summed E-state index contributed by atoms with van der Waals surface area (Å²) in [7, 11) is 0. The number of hydrogen-bond donors (Lipinski definition) is 2. The zero-order chi connectivity index (χ0) is 23.1. The Morgan fingerprint density at radius 3 is 2.66 bits per heavy atom. The van der Waals surface area contributed by atoms with E-state index in [1.54, 1.807) is 35.1 Å². The average Bonchev–Trinajstić information content (AvgIpc) is 3.22. The van der Waals surface area contributed by atoms with Gasteiger partial charge in [-0.3, -0.25) is 20.4 Å². The number of rotatable bonds is 8. The van der Waals surface area contributed by atoms with Crippen molar-refractivity contribution in [3.05, 3.63) is 70.1 Å². The maximum atomic E-state index is 12.6. The molecule has 0 fully saturated rings. The average molecular weight is 476 g/mol. The van der Waals surface area contributed by atoms with Crippen molar-refractivity contribution in [1.82, 2.24) is 25.6 Å². The molecule has 2 amide bonds. The molecule has 0 aliphatic rings. The van der Waals surface area contributed by atoms with E-state index < -0.39 is 5.91 Å². The molecule has 32 heavy (non-hydrogen) atoms. The van der Waals surface area contributed by atoms with E-state index in [4.69, 9.17) is 27.9 Å². The minimum Gasteiger partial charge on any atom is -0.492 e. The number of aromatic nitrogens is 3. The largest absolute Gasteiger partial charge is 0.492 e. The molecule has 1 aromatic carbocycles. The highest BCUT2D eigenvalue weighted by molar-refractivity contribution is 6.35. The van der Waals surface area contributed by atoms with E-state index in [0.29, 0.717) is 39.3 Å². The second-order valence-electron chi connectivity index (χ2n) is 7.23. The van der Waals surface area contributed by atoms with E-state index in [2.05, 4.69) is 20.9 Å². The molecule has 2 heterocycles. The molecule has 168 valence electrons. The molecule has 0 atom stereocenters. The van der Waals surface area contributed by atoms with Gasteiger partial charge in [-0.1, -0.05) is 43.1 Å². The third kappa shape index (κ3) is 5.99. The lowest BCUT2D eigenvalue weighted by Gasteiger charge is -2.13. The molecule has 3 rings (SSSR count). The summed E-state index contributed by atoms with van der Waals surface area (Å²) in [5, 5.41) is 5.22. The van der Waals surface area contributed by atoms with Crippen molar-refractivity contribution in [3.63, 3.8) is 0 Å². The van der Waals surface area contributed by atoms with Crippen LogP contribution >= 0.6 is 23.2 Å². The third-order valence-electron chi connectivity index (χ3n) is 4.48. The van der Waals surface area contributed by atoms with Gasteiger partial charge in [0.05, 0.1) is 29.1 Å². The predicted molar refractivity (Wildman–Crippen MR) is 122 cm³/mol. The first-order chi connectivity index (χ1) is 15.4. The molecular formula is C22H23Cl2N5O3. The summed E-state index contributed by atoms with van der Waals surface area (Å²) in [5.41, 5.74) is 5.93. The number of benzene rings is 1. The van der Waals surface area contributed by atoms with Crippen molar-refractivity contribution < 1.29 is 14.3 Å². The Balaban J connectivity index is 1.51. The molecule has 2 aromatic heterocycles. The molecule has 8 nitrogen and oxygen atoms in total. The molecule has 0 saturated heterocycles. The Hall–Kier alpha value is -3.10. The quantitative estimate of drug-likeness (QED) is 0.373. The standard InChI is InChI=1S/C22H23Cl2N5O3/c1-14(2)21-16(13-26-29(21)19-6-3-4-10-25-19)22(31)28-27-20(30)7-5-11-32-18-9-8-15(23)12-17(18)24/h3-4,6,8-10,12-14H,5,7,11H2,1-2H3,(H,27,30)(H,28,31). The van der Waals surface area contributed by atoms with Crippen LogP contribution in [0, 0.1) is 0 Å². The fourth-order valence-corrected chi connectivity index (χ4v) is 3.48. The number of amides is 2. The molecule has 0 radical (unpaired) electrons. The van der Waals surface area contributed by atoms with Gasteiger partial charge in [0.15, 0.2) is 5.82 Å². The highest BCUT2D eigenvalue weighted by Gasteiger charge is 2.21. The van der Waals surface area contributed by atoms with E-state index in [0.717, 1.165) is 0 Å². The fraction of sp³-hybridized carbons (Fsp3) is 0.273. The third-order valence-corrected chi connectivity index (χ3v) is 5.01. The first kappa shape index (κ1) is 23.6. The van der Waals surface area contributed by atoms with Crippen molar-refractivity contribution in [2.45, 2.75) is 32.6 Å². The predicted octanol–water partition coefficient (Wildman–Crippen LogP) is 4.32. The zero-order valence-electron chi connectivity index (χ0n) is 17.6. The smallest absolute Gasteiger partial charge is 0.273 e. The van der Waals surface area contributed by atoms with Gasteiger partial charge in [-0.15, -0.1) is 0 Å². The minimum absolute atomic E-state index is 0.00722. The molecular weight excluding hydrogens is 453 g/mol. The van der Waals surface area contributed by atoms with Crippen LogP contribution in [0.4, 0.5) is 0 Å². The highest BCUT2D eigenvalue weighted by atomic mass is 35.5. The maximum Gasteiger partial charge on any atom is 0.273 e. The number of ether oxygens (including phenoxy) is 1. The molecule has 10 heteroatoms. The van der Waals surface area contributed by atoms with Crippen LogP contribution < -0.4 is 15.6 Å². The zero-order valence-corrected chi connectivity index (χ0v) is 19.2. The number of hydrazine groups is 1. The summed E-state index contributed by atoms with van der Waals surface area (Å²) in [6.45, 7) is 4.20. The number of hydrogen-bond acceptors (Lipinski definition) is 5. The summed E-state index contributed by atoms with van der Waals surface area (Å²) < 4.78 is 7.17. The number of halogens is 2. The molecule has 0 aliphatic carbocycles. The normalized spacial score (nSPS) is 10.8. The van der Waals surface area contributed by atoms with Crippen LogP contribution in [0.5, 0.6) is 5.75 Å². The number of carbonyl (C=O) groups is 2. The van der Waals surface area contributed by atoms with E-state index in [9.17, 15) is 9.59 Å². The number of nitrogens with one attached hydrogen (secondary N) is 2. The van der Waals surface area contributed by atoms with Crippen molar-refractivity contribution in [3.8, 4) is 11.6 Å². The first-order valence-corrected chi connectivity index (χ1v) is 10.8. The SMILES string of the molecule is CC(C)c1c(C(=O)NNC(=O)CCCOc2ccc(Cl)cc2Cl)cnn1-c1ccccn1. The first-order valence-electron chi connectivity index (χ1n) is 10.0. The molecule has 0 unspecified atom stereocenters. The number of nitrogens with zero attached hydrogens (tertiary/aromatic N) is 3. The molecule has 0 aliphatic heterocycles. The van der Waals surface area contributed by atoms with Crippen molar-refractivity contribution in [1.29, 1.82) is 0 Å². The van der Waals surface area contributed by atoms with Gasteiger partial charge in [0.25, 0.3) is 5.91 Å². The summed E-state index contributed by atoms with van der Waals surface area (Å²) >= 11 is 11.9. The molecule has 0 bridgehead atoms. The number of pyridine rings is 1. The Bertz CT molecular complexity index is 1090. The fourth-order valence-electron chi connectivity index (χ4n) is 3.01. The van der Waals surface area contributed by atoms with Gasteiger partial charge < -0.3 is 4.74 Å². The van der Waals surface area contributed by atoms with Gasteiger partial charge >= 0.3 is 0 Å². The Morgan fingerprint density at radius 1 is 1.16 bits per heavy atom. The lowest BCUT2D eigenvalue weighted by Crippen LogP contribution is -2.42. The van der Waals surface area contributed by atoms with E-state index in [-0.39, 0.29) is 24.9 Å². The van der Waals surface area contributed by atoms with Crippen LogP contribution in [0.3, 0.4) is 0 Å². The van der Waals surface area contributed by atoms with Crippen molar-refractivity contribution >= 4 is 35.0 Å². The van der Waals surface area contributed by atoms with Gasteiger partial charge in [0.2, 0.25) is 5.91 Å². The van der Waals surface area contributed by atoms with Crippen LogP contribution in [0.1, 0.15) is 48.7 Å².